The molecule has 2 N–H and O–H groups in total. The number of aromatic hydroxyl groups is 1. The molecule has 5 heteroatoms. The van der Waals surface area contributed by atoms with E-state index < -0.39 is 0 Å². The summed E-state index contributed by atoms with van der Waals surface area (Å²) in [4.78, 5) is 6.56. The largest absolute Gasteiger partial charge is 0.508 e. The van der Waals surface area contributed by atoms with Gasteiger partial charge >= 0.3 is 0 Å². The van der Waals surface area contributed by atoms with E-state index in [4.69, 9.17) is 0 Å². The monoisotopic (exact) mass is 362 g/mol. The Kier molecular flexibility index (Phi) is 4.40. The number of fused-ring (bicyclic) bond motifs is 4. The molecule has 2 aromatic heterocycles. The lowest BCUT2D eigenvalue weighted by Gasteiger charge is -2.16. The van der Waals surface area contributed by atoms with Gasteiger partial charge in [0.05, 0.1) is 16.7 Å². The van der Waals surface area contributed by atoms with Crippen LogP contribution in [-0.2, 0) is 7.05 Å². The van der Waals surface area contributed by atoms with Crippen LogP contribution < -0.4 is 5.32 Å². The second-order valence-corrected chi connectivity index (χ2v) is 7.49. The van der Waals surface area contributed by atoms with E-state index in [0.29, 0.717) is 0 Å². The number of phenols is 1. The first kappa shape index (κ1) is 17.6. The van der Waals surface area contributed by atoms with Crippen LogP contribution in [0.25, 0.3) is 32.6 Å². The van der Waals surface area contributed by atoms with Gasteiger partial charge in [0.15, 0.2) is 0 Å². The first-order valence-corrected chi connectivity index (χ1v) is 9.35. The number of aryl methyl sites for hydroxylation is 2. The van der Waals surface area contributed by atoms with Gasteiger partial charge in [-0.25, -0.2) is 0 Å². The second kappa shape index (κ2) is 6.74. The van der Waals surface area contributed by atoms with E-state index in [2.05, 4.69) is 53.9 Å². The normalized spacial score (nSPS) is 11.9. The Morgan fingerprint density at radius 3 is 2.74 bits per heavy atom. The van der Waals surface area contributed by atoms with E-state index in [9.17, 15) is 5.11 Å². The molecule has 4 rings (SSSR count). The van der Waals surface area contributed by atoms with E-state index in [1.165, 1.54) is 22.0 Å². The van der Waals surface area contributed by atoms with Gasteiger partial charge in [0.1, 0.15) is 5.75 Å². The zero-order valence-corrected chi connectivity index (χ0v) is 16.4. The number of aromatic nitrogens is 2. The number of pyridine rings is 1. The third-order valence-corrected chi connectivity index (χ3v) is 5.37. The molecule has 0 aliphatic heterocycles. The lowest BCUT2D eigenvalue weighted by molar-refractivity contribution is 0.405. The molecule has 0 aliphatic rings. The summed E-state index contributed by atoms with van der Waals surface area (Å²) >= 11 is 0. The van der Waals surface area contributed by atoms with Gasteiger partial charge in [0, 0.05) is 42.1 Å². The van der Waals surface area contributed by atoms with Crippen molar-refractivity contribution in [3.05, 3.63) is 42.2 Å². The first-order valence-electron chi connectivity index (χ1n) is 9.35. The minimum Gasteiger partial charge on any atom is -0.508 e. The Bertz CT molecular complexity index is 1140. The predicted molar refractivity (Wildman–Crippen MR) is 114 cm³/mol. The van der Waals surface area contributed by atoms with Gasteiger partial charge in [-0.1, -0.05) is 6.07 Å². The summed E-state index contributed by atoms with van der Waals surface area (Å²) in [5.74, 6) is 0.288. The van der Waals surface area contributed by atoms with E-state index in [-0.39, 0.29) is 5.75 Å². The molecule has 27 heavy (non-hydrogen) atoms. The van der Waals surface area contributed by atoms with Crippen LogP contribution in [0, 0.1) is 6.92 Å². The summed E-state index contributed by atoms with van der Waals surface area (Å²) in [6.45, 7) is 4.06. The smallest absolute Gasteiger partial charge is 0.116 e. The van der Waals surface area contributed by atoms with Crippen LogP contribution in [0.1, 0.15) is 12.0 Å². The van der Waals surface area contributed by atoms with E-state index in [1.54, 1.807) is 6.07 Å². The minimum atomic E-state index is 0.288. The summed E-state index contributed by atoms with van der Waals surface area (Å²) in [5.41, 5.74) is 4.68. The number of nitrogens with zero attached hydrogens (tertiary/aromatic N) is 3. The zero-order valence-electron chi connectivity index (χ0n) is 16.4. The molecular formula is C22H26N4O. The fourth-order valence-electron chi connectivity index (χ4n) is 4.10. The van der Waals surface area contributed by atoms with Crippen molar-refractivity contribution >= 4 is 38.3 Å². The molecular weight excluding hydrogens is 336 g/mol. The highest BCUT2D eigenvalue weighted by Gasteiger charge is 2.18. The van der Waals surface area contributed by atoms with Crippen LogP contribution in [0.5, 0.6) is 5.75 Å². The molecule has 0 saturated carbocycles. The third-order valence-electron chi connectivity index (χ3n) is 5.37. The molecule has 0 saturated heterocycles. The van der Waals surface area contributed by atoms with E-state index >= 15 is 0 Å². The van der Waals surface area contributed by atoms with Crippen LogP contribution >= 0.6 is 0 Å². The standard InChI is InChI=1S/C22H26N4O/c1-14-16-7-6-15(27)12-17(16)21(24-9-5-11-25(2)3)20-18-13-23-10-8-19(18)26(4)22(14)20/h6-8,10,12-13,24,27H,5,9,11H2,1-4H3. The number of benzene rings is 2. The summed E-state index contributed by atoms with van der Waals surface area (Å²) in [7, 11) is 6.29. The highest BCUT2D eigenvalue weighted by atomic mass is 16.3. The number of anilines is 1. The average Bonchev–Trinajstić information content (AvgIpc) is 2.94. The van der Waals surface area contributed by atoms with Crippen molar-refractivity contribution in [1.82, 2.24) is 14.5 Å². The van der Waals surface area contributed by atoms with Gasteiger partial charge in [-0.3, -0.25) is 4.98 Å². The van der Waals surface area contributed by atoms with Gasteiger partial charge in [-0.2, -0.15) is 0 Å². The molecule has 4 aromatic rings. The number of rotatable bonds is 5. The summed E-state index contributed by atoms with van der Waals surface area (Å²) < 4.78 is 2.25. The summed E-state index contributed by atoms with van der Waals surface area (Å²) in [5, 5.41) is 18.3. The second-order valence-electron chi connectivity index (χ2n) is 7.49. The Balaban J connectivity index is 2.02. The maximum absolute atomic E-state index is 10.1. The number of hydrogen-bond donors (Lipinski definition) is 2. The topological polar surface area (TPSA) is 53.3 Å². The van der Waals surface area contributed by atoms with Crippen molar-refractivity contribution < 1.29 is 5.11 Å². The van der Waals surface area contributed by atoms with Crippen LogP contribution in [0.15, 0.2) is 36.7 Å². The maximum Gasteiger partial charge on any atom is 0.116 e. The maximum atomic E-state index is 10.1. The lowest BCUT2D eigenvalue weighted by atomic mass is 9.98. The van der Waals surface area contributed by atoms with Gasteiger partial charge < -0.3 is 19.9 Å². The molecule has 0 radical (unpaired) electrons. The molecule has 2 heterocycles. The summed E-state index contributed by atoms with van der Waals surface area (Å²) in [6, 6.07) is 7.71. The van der Waals surface area contributed by atoms with Crippen molar-refractivity contribution in [1.29, 1.82) is 0 Å². The average molecular weight is 362 g/mol. The quantitative estimate of drug-likeness (QED) is 0.521. The molecule has 0 unspecified atom stereocenters. The molecule has 0 spiro atoms. The van der Waals surface area contributed by atoms with Crippen molar-refractivity contribution in [2.75, 3.05) is 32.5 Å². The predicted octanol–water partition coefficient (Wildman–Crippen LogP) is 4.26. The Morgan fingerprint density at radius 2 is 1.96 bits per heavy atom. The molecule has 5 nitrogen and oxygen atoms in total. The first-order chi connectivity index (χ1) is 13.0. The third kappa shape index (κ3) is 2.88. The van der Waals surface area contributed by atoms with Crippen LogP contribution in [0.2, 0.25) is 0 Å². The van der Waals surface area contributed by atoms with Gasteiger partial charge in [-0.15, -0.1) is 0 Å². The number of hydrogen-bond acceptors (Lipinski definition) is 4. The SMILES string of the molecule is Cc1c2ccc(O)cc2c(NCCCN(C)C)c2c3cnccc3n(C)c12. The molecule has 0 atom stereocenters. The zero-order chi connectivity index (χ0) is 19.1. The van der Waals surface area contributed by atoms with Gasteiger partial charge in [0.2, 0.25) is 0 Å². The molecule has 0 bridgehead atoms. The molecule has 2 aromatic carbocycles. The van der Waals surface area contributed by atoms with Crippen molar-refractivity contribution in [2.45, 2.75) is 13.3 Å². The molecule has 140 valence electrons. The fraction of sp³-hybridized carbons (Fsp3) is 0.318. The number of phenolic OH excluding ortho intramolecular Hbond substituents is 1. The fourth-order valence-corrected chi connectivity index (χ4v) is 4.10. The van der Waals surface area contributed by atoms with Gasteiger partial charge in [0.25, 0.3) is 0 Å². The number of nitrogens with one attached hydrogen (secondary N) is 1. The van der Waals surface area contributed by atoms with Crippen LogP contribution in [0.3, 0.4) is 0 Å². The van der Waals surface area contributed by atoms with Crippen molar-refractivity contribution in [3.8, 4) is 5.75 Å². The Hall–Kier alpha value is -2.79. The van der Waals surface area contributed by atoms with Gasteiger partial charge in [-0.05, 0) is 63.1 Å². The summed E-state index contributed by atoms with van der Waals surface area (Å²) in [6.07, 6.45) is 4.83. The lowest BCUT2D eigenvalue weighted by Crippen LogP contribution is -2.16. The minimum absolute atomic E-state index is 0.288. The molecule has 0 fully saturated rings. The molecule has 0 aliphatic carbocycles. The van der Waals surface area contributed by atoms with E-state index in [0.717, 1.165) is 41.4 Å². The van der Waals surface area contributed by atoms with Crippen molar-refractivity contribution in [3.63, 3.8) is 0 Å². The Morgan fingerprint density at radius 1 is 1.15 bits per heavy atom. The highest BCUT2D eigenvalue weighted by Crippen LogP contribution is 2.42. The van der Waals surface area contributed by atoms with Crippen molar-refractivity contribution in [2.24, 2.45) is 7.05 Å². The van der Waals surface area contributed by atoms with Crippen LogP contribution in [-0.4, -0.2) is 46.7 Å². The van der Waals surface area contributed by atoms with Crippen LogP contribution in [0.4, 0.5) is 5.69 Å². The highest BCUT2D eigenvalue weighted by molar-refractivity contribution is 6.23. The molecule has 0 amide bonds. The van der Waals surface area contributed by atoms with E-state index in [1.807, 2.05) is 24.5 Å². The Labute approximate surface area is 159 Å².